The second-order valence-corrected chi connectivity index (χ2v) is 9.22. The molecule has 0 spiro atoms. The van der Waals surface area contributed by atoms with Gasteiger partial charge >= 0.3 is 0 Å². The molecule has 0 unspecified atom stereocenters. The molecule has 0 radical (unpaired) electrons. The van der Waals surface area contributed by atoms with E-state index >= 15 is 0 Å². The smallest absolute Gasteiger partial charge is 0.255 e. The first-order valence-corrected chi connectivity index (χ1v) is 11.9. The van der Waals surface area contributed by atoms with Crippen molar-refractivity contribution in [1.29, 1.82) is 0 Å². The van der Waals surface area contributed by atoms with Crippen molar-refractivity contribution in [3.8, 4) is 11.1 Å². The maximum Gasteiger partial charge on any atom is 0.255 e. The number of benzene rings is 2. The van der Waals surface area contributed by atoms with E-state index in [9.17, 15) is 9.90 Å². The zero-order chi connectivity index (χ0) is 22.8. The van der Waals surface area contributed by atoms with E-state index in [0.717, 1.165) is 25.9 Å². The third-order valence-electron chi connectivity index (χ3n) is 7.32. The van der Waals surface area contributed by atoms with Crippen molar-refractivity contribution in [3.05, 3.63) is 89.7 Å². The molecule has 5 heteroatoms. The third-order valence-corrected chi connectivity index (χ3v) is 7.32. The number of aliphatic hydroxyl groups is 1. The van der Waals surface area contributed by atoms with Gasteiger partial charge in [0.05, 0.1) is 12.2 Å². The fourth-order valence-corrected chi connectivity index (χ4v) is 5.58. The van der Waals surface area contributed by atoms with Crippen LogP contribution in [0.2, 0.25) is 0 Å². The summed E-state index contributed by atoms with van der Waals surface area (Å²) in [5, 5.41) is 10.2. The lowest BCUT2D eigenvalue weighted by molar-refractivity contribution is -0.0606. The normalized spacial score (nSPS) is 23.2. The highest BCUT2D eigenvalue weighted by Gasteiger charge is 2.49. The molecule has 3 heterocycles. The minimum Gasteiger partial charge on any atom is -0.395 e. The summed E-state index contributed by atoms with van der Waals surface area (Å²) in [5.41, 5.74) is 5.60. The van der Waals surface area contributed by atoms with Gasteiger partial charge in [-0.1, -0.05) is 48.5 Å². The van der Waals surface area contributed by atoms with E-state index < -0.39 is 0 Å². The number of aryl methyl sites for hydroxylation is 1. The lowest BCUT2D eigenvalue weighted by atomic mass is 9.74. The van der Waals surface area contributed by atoms with Crippen LogP contribution in [0.15, 0.2) is 73.1 Å². The van der Waals surface area contributed by atoms with E-state index in [1.165, 1.54) is 22.3 Å². The highest BCUT2D eigenvalue weighted by Crippen LogP contribution is 2.42. The van der Waals surface area contributed by atoms with Crippen molar-refractivity contribution >= 4 is 5.91 Å². The summed E-state index contributed by atoms with van der Waals surface area (Å²) in [6.07, 6.45) is 5.35. The molecule has 2 saturated heterocycles. The van der Waals surface area contributed by atoms with Gasteiger partial charge in [0, 0.05) is 43.5 Å². The molecule has 0 saturated carbocycles. The zero-order valence-corrected chi connectivity index (χ0v) is 19.1. The van der Waals surface area contributed by atoms with Crippen LogP contribution in [-0.2, 0) is 0 Å². The summed E-state index contributed by atoms with van der Waals surface area (Å²) in [5.74, 6) is 0.259. The Labute approximate surface area is 195 Å². The van der Waals surface area contributed by atoms with Crippen LogP contribution in [0.5, 0.6) is 0 Å². The zero-order valence-electron chi connectivity index (χ0n) is 19.1. The Kier molecular flexibility index (Phi) is 6.25. The van der Waals surface area contributed by atoms with Crippen LogP contribution in [0.4, 0.5) is 0 Å². The summed E-state index contributed by atoms with van der Waals surface area (Å²) in [6.45, 7) is 4.69. The molecule has 2 aliphatic rings. The number of fused-ring (bicyclic) bond motifs is 1. The highest BCUT2D eigenvalue weighted by molar-refractivity contribution is 5.93. The molecule has 33 heavy (non-hydrogen) atoms. The SMILES string of the molecule is Cc1ccccc1-c1ccc([C@H]2[C@@H](CO)N3CCCCN(C(=O)c4cccnc4)C[C@@H]23)cc1. The molecule has 3 atom stereocenters. The molecule has 2 aromatic carbocycles. The number of nitrogens with zero attached hydrogens (tertiary/aromatic N) is 3. The number of aliphatic hydroxyl groups excluding tert-OH is 1. The number of aromatic nitrogens is 1. The van der Waals surface area contributed by atoms with E-state index in [1.807, 2.05) is 17.0 Å². The van der Waals surface area contributed by atoms with Gasteiger partial charge in [0.1, 0.15) is 0 Å². The van der Waals surface area contributed by atoms with Crippen LogP contribution in [0, 0.1) is 6.92 Å². The summed E-state index contributed by atoms with van der Waals surface area (Å²) < 4.78 is 0. The van der Waals surface area contributed by atoms with Crippen molar-refractivity contribution < 1.29 is 9.90 Å². The predicted octanol–water partition coefficient (Wildman–Crippen LogP) is 4.12. The van der Waals surface area contributed by atoms with Crippen LogP contribution in [0.1, 0.15) is 40.2 Å². The summed E-state index contributed by atoms with van der Waals surface area (Å²) in [4.78, 5) is 21.7. The van der Waals surface area contributed by atoms with Gasteiger partial charge in [0.2, 0.25) is 0 Å². The topological polar surface area (TPSA) is 56.7 Å². The Morgan fingerprint density at radius 1 is 1.03 bits per heavy atom. The molecule has 0 bridgehead atoms. The molecule has 2 aliphatic heterocycles. The Bertz CT molecular complexity index is 1100. The fraction of sp³-hybridized carbons (Fsp3) is 0.357. The number of carbonyl (C=O) groups is 1. The van der Waals surface area contributed by atoms with Gasteiger partial charge in [0.25, 0.3) is 5.91 Å². The fourth-order valence-electron chi connectivity index (χ4n) is 5.58. The summed E-state index contributed by atoms with van der Waals surface area (Å²) in [6, 6.07) is 21.2. The lowest BCUT2D eigenvalue weighted by Gasteiger charge is -2.57. The molecule has 3 aromatic rings. The number of rotatable bonds is 4. The molecular formula is C28H31N3O2. The maximum atomic E-state index is 13.2. The predicted molar refractivity (Wildman–Crippen MR) is 130 cm³/mol. The van der Waals surface area contributed by atoms with Gasteiger partial charge in [-0.2, -0.15) is 0 Å². The van der Waals surface area contributed by atoms with Gasteiger partial charge in [-0.15, -0.1) is 0 Å². The van der Waals surface area contributed by atoms with E-state index in [1.54, 1.807) is 12.4 Å². The third kappa shape index (κ3) is 4.19. The van der Waals surface area contributed by atoms with Crippen LogP contribution in [0.25, 0.3) is 11.1 Å². The van der Waals surface area contributed by atoms with E-state index in [0.29, 0.717) is 12.1 Å². The number of hydrogen-bond acceptors (Lipinski definition) is 4. The van der Waals surface area contributed by atoms with Crippen molar-refractivity contribution in [2.75, 3.05) is 26.2 Å². The van der Waals surface area contributed by atoms with Crippen LogP contribution < -0.4 is 0 Å². The number of amides is 1. The second-order valence-electron chi connectivity index (χ2n) is 9.22. The van der Waals surface area contributed by atoms with E-state index in [2.05, 4.69) is 65.3 Å². The Morgan fingerprint density at radius 2 is 1.82 bits per heavy atom. The molecule has 170 valence electrons. The quantitative estimate of drug-likeness (QED) is 0.662. The molecule has 5 rings (SSSR count). The van der Waals surface area contributed by atoms with Gasteiger partial charge in [-0.25, -0.2) is 0 Å². The van der Waals surface area contributed by atoms with Gasteiger partial charge in [-0.3, -0.25) is 14.7 Å². The molecule has 2 fully saturated rings. The first-order valence-electron chi connectivity index (χ1n) is 11.9. The van der Waals surface area contributed by atoms with Crippen LogP contribution in [0.3, 0.4) is 0 Å². The minimum absolute atomic E-state index is 0.0473. The van der Waals surface area contributed by atoms with Crippen LogP contribution >= 0.6 is 0 Å². The standard InChI is InChI=1S/C28H31N3O2/c1-20-7-2-3-9-24(20)21-10-12-22(13-11-21)27-25-18-30(28(33)23-8-6-14-29-17-23)15-4-5-16-31(25)26(27)19-32/h2-3,6-14,17,25-27,32H,4-5,15-16,18-19H2,1H3/t25-,26+,27+/m0/s1. The summed E-state index contributed by atoms with van der Waals surface area (Å²) in [7, 11) is 0. The minimum atomic E-state index is 0.0473. The van der Waals surface area contributed by atoms with Gasteiger partial charge in [0.15, 0.2) is 0 Å². The lowest BCUT2D eigenvalue weighted by Crippen LogP contribution is -2.67. The highest BCUT2D eigenvalue weighted by atomic mass is 16.3. The van der Waals surface area contributed by atoms with Crippen LogP contribution in [-0.4, -0.2) is 64.1 Å². The Hall–Kier alpha value is -3.02. The molecule has 1 amide bonds. The van der Waals surface area contributed by atoms with Crippen molar-refractivity contribution in [2.24, 2.45) is 0 Å². The summed E-state index contributed by atoms with van der Waals surface area (Å²) >= 11 is 0. The molecular weight excluding hydrogens is 410 g/mol. The maximum absolute atomic E-state index is 13.2. The first kappa shape index (κ1) is 21.8. The Balaban J connectivity index is 1.40. The average molecular weight is 442 g/mol. The van der Waals surface area contributed by atoms with Crippen molar-refractivity contribution in [1.82, 2.24) is 14.8 Å². The van der Waals surface area contributed by atoms with E-state index in [4.69, 9.17) is 0 Å². The van der Waals surface area contributed by atoms with Crippen molar-refractivity contribution in [3.63, 3.8) is 0 Å². The number of pyridine rings is 1. The monoisotopic (exact) mass is 441 g/mol. The number of carbonyl (C=O) groups excluding carboxylic acids is 1. The van der Waals surface area contributed by atoms with Gasteiger partial charge < -0.3 is 10.0 Å². The second kappa shape index (κ2) is 9.46. The van der Waals surface area contributed by atoms with E-state index in [-0.39, 0.29) is 30.5 Å². The molecule has 0 aliphatic carbocycles. The Morgan fingerprint density at radius 3 is 2.55 bits per heavy atom. The molecule has 1 aromatic heterocycles. The first-order chi connectivity index (χ1) is 16.2. The number of hydrogen-bond donors (Lipinski definition) is 1. The van der Waals surface area contributed by atoms with Crippen molar-refractivity contribution in [2.45, 2.75) is 37.8 Å². The van der Waals surface area contributed by atoms with Gasteiger partial charge in [-0.05, 0) is 60.7 Å². The molecule has 5 nitrogen and oxygen atoms in total. The average Bonchev–Trinajstić information content (AvgIpc) is 2.84. The molecule has 1 N–H and O–H groups in total. The largest absolute Gasteiger partial charge is 0.395 e.